The molecule has 0 bridgehead atoms. The number of hydrogen-bond acceptors (Lipinski definition) is 5. The van der Waals surface area contributed by atoms with Crippen molar-refractivity contribution in [3.63, 3.8) is 0 Å². The molecule has 1 amide bonds. The van der Waals surface area contributed by atoms with Crippen LogP contribution in [0, 0.1) is 0 Å². The number of thioether (sulfide) groups is 1. The van der Waals surface area contributed by atoms with Crippen LogP contribution in [0.15, 0.2) is 29.2 Å². The lowest BCUT2D eigenvalue weighted by Crippen LogP contribution is -2.45. The lowest BCUT2D eigenvalue weighted by molar-refractivity contribution is -0.133. The van der Waals surface area contributed by atoms with Gasteiger partial charge in [0.05, 0.1) is 4.91 Å². The minimum atomic E-state index is 0.0172. The first kappa shape index (κ1) is 17.5. The van der Waals surface area contributed by atoms with Gasteiger partial charge in [0.15, 0.2) is 4.32 Å². The number of amides is 1. The molecule has 2 aliphatic rings. The van der Waals surface area contributed by atoms with E-state index in [9.17, 15) is 4.79 Å². The molecular weight excluding hydrogens is 338 g/mol. The highest BCUT2D eigenvalue weighted by Crippen LogP contribution is 2.34. The number of nitrogens with zero attached hydrogens (tertiary/aromatic N) is 3. The highest BCUT2D eigenvalue weighted by molar-refractivity contribution is 8.26. The van der Waals surface area contributed by atoms with Gasteiger partial charge in [-0.25, -0.2) is 10.0 Å². The number of anilines is 1. The molecule has 0 N–H and O–H groups in total. The van der Waals surface area contributed by atoms with E-state index in [0.29, 0.717) is 9.23 Å². The van der Waals surface area contributed by atoms with Gasteiger partial charge in [-0.05, 0) is 36.6 Å². The number of benzene rings is 1. The zero-order valence-corrected chi connectivity index (χ0v) is 15.8. The molecule has 1 aromatic carbocycles. The Kier molecular flexibility index (Phi) is 5.58. The van der Waals surface area contributed by atoms with Gasteiger partial charge in [-0.2, -0.15) is 0 Å². The Hall–Kier alpha value is -1.37. The Morgan fingerprint density at radius 2 is 1.71 bits per heavy atom. The molecule has 128 valence electrons. The van der Waals surface area contributed by atoms with Gasteiger partial charge < -0.3 is 4.90 Å². The normalized spacial score (nSPS) is 21.4. The molecule has 0 atom stereocenters. The minimum Gasteiger partial charge on any atom is -0.378 e. The molecule has 24 heavy (non-hydrogen) atoms. The number of hydrazine groups is 1. The Morgan fingerprint density at radius 1 is 1.08 bits per heavy atom. The van der Waals surface area contributed by atoms with Crippen molar-refractivity contribution in [2.24, 2.45) is 0 Å². The van der Waals surface area contributed by atoms with E-state index in [1.165, 1.54) is 24.6 Å². The van der Waals surface area contributed by atoms with Gasteiger partial charge in [-0.3, -0.25) is 4.79 Å². The maximum atomic E-state index is 12.8. The molecule has 2 heterocycles. The van der Waals surface area contributed by atoms with Gasteiger partial charge in [0, 0.05) is 32.9 Å². The molecule has 2 fully saturated rings. The SMILES string of the molecule is CN(C)c1ccc(/C=C2/SC(=S)N(N3CCCCCC3)C2=O)cc1. The third kappa shape index (κ3) is 3.82. The van der Waals surface area contributed by atoms with E-state index in [1.54, 1.807) is 5.01 Å². The minimum absolute atomic E-state index is 0.0172. The molecule has 0 aliphatic carbocycles. The summed E-state index contributed by atoms with van der Waals surface area (Å²) in [6.07, 6.45) is 6.67. The summed E-state index contributed by atoms with van der Waals surface area (Å²) in [6, 6.07) is 8.18. The fourth-order valence-electron chi connectivity index (χ4n) is 2.98. The van der Waals surface area contributed by atoms with Crippen LogP contribution in [0.4, 0.5) is 5.69 Å². The maximum Gasteiger partial charge on any atom is 0.280 e. The zero-order chi connectivity index (χ0) is 17.1. The first-order chi connectivity index (χ1) is 11.6. The Labute approximate surface area is 153 Å². The van der Waals surface area contributed by atoms with E-state index in [0.717, 1.165) is 37.2 Å². The van der Waals surface area contributed by atoms with Crippen molar-refractivity contribution in [3.8, 4) is 0 Å². The van der Waals surface area contributed by atoms with Gasteiger partial charge in [0.25, 0.3) is 5.91 Å². The van der Waals surface area contributed by atoms with Crippen molar-refractivity contribution >= 4 is 46.0 Å². The van der Waals surface area contributed by atoms with E-state index in [-0.39, 0.29) is 5.91 Å². The fraction of sp³-hybridized carbons (Fsp3) is 0.444. The summed E-state index contributed by atoms with van der Waals surface area (Å²) in [6.45, 7) is 1.83. The summed E-state index contributed by atoms with van der Waals surface area (Å²) in [5.74, 6) is 0.0172. The third-order valence-electron chi connectivity index (χ3n) is 4.35. The van der Waals surface area contributed by atoms with Crippen LogP contribution >= 0.6 is 24.0 Å². The molecule has 0 spiro atoms. The Morgan fingerprint density at radius 3 is 2.29 bits per heavy atom. The van der Waals surface area contributed by atoms with Crippen molar-refractivity contribution in [3.05, 3.63) is 34.7 Å². The zero-order valence-electron chi connectivity index (χ0n) is 14.2. The van der Waals surface area contributed by atoms with Crippen molar-refractivity contribution < 1.29 is 4.79 Å². The maximum absolute atomic E-state index is 12.8. The lowest BCUT2D eigenvalue weighted by atomic mass is 10.2. The smallest absolute Gasteiger partial charge is 0.280 e. The van der Waals surface area contributed by atoms with Crippen LogP contribution in [0.1, 0.15) is 31.2 Å². The summed E-state index contributed by atoms with van der Waals surface area (Å²) in [4.78, 5) is 15.6. The standard InChI is InChI=1S/C18H23N3OS2/c1-19(2)15-9-7-14(8-10-15)13-16-17(22)21(18(23)24-16)20-11-5-3-4-6-12-20/h7-10,13H,3-6,11-12H2,1-2H3/b16-13+. The predicted octanol–water partition coefficient (Wildman–Crippen LogP) is 3.74. The van der Waals surface area contributed by atoms with Crippen molar-refractivity contribution in [2.45, 2.75) is 25.7 Å². The molecule has 0 unspecified atom stereocenters. The first-order valence-electron chi connectivity index (χ1n) is 8.36. The van der Waals surface area contributed by atoms with Crippen LogP contribution in [-0.2, 0) is 4.79 Å². The van der Waals surface area contributed by atoms with Crippen LogP contribution in [0.5, 0.6) is 0 Å². The van der Waals surface area contributed by atoms with Crippen molar-refractivity contribution in [2.75, 3.05) is 32.1 Å². The van der Waals surface area contributed by atoms with Crippen LogP contribution in [0.25, 0.3) is 6.08 Å². The Bertz CT molecular complexity index is 647. The molecule has 4 nitrogen and oxygen atoms in total. The van der Waals surface area contributed by atoms with E-state index in [2.05, 4.69) is 22.0 Å². The van der Waals surface area contributed by atoms with Crippen LogP contribution in [0.3, 0.4) is 0 Å². The van der Waals surface area contributed by atoms with Crippen LogP contribution < -0.4 is 4.90 Å². The summed E-state index contributed by atoms with van der Waals surface area (Å²) in [5, 5.41) is 3.84. The number of rotatable bonds is 3. The monoisotopic (exact) mass is 361 g/mol. The molecule has 6 heteroatoms. The molecule has 1 aromatic rings. The van der Waals surface area contributed by atoms with Gasteiger partial charge in [0.1, 0.15) is 0 Å². The summed E-state index contributed by atoms with van der Waals surface area (Å²) >= 11 is 6.87. The fourth-order valence-corrected chi connectivity index (χ4v) is 4.29. The quantitative estimate of drug-likeness (QED) is 0.604. The van der Waals surface area contributed by atoms with Crippen molar-refractivity contribution in [1.29, 1.82) is 0 Å². The number of carbonyl (C=O) groups is 1. The summed E-state index contributed by atoms with van der Waals surface area (Å²) in [7, 11) is 4.03. The average molecular weight is 362 g/mol. The lowest BCUT2D eigenvalue weighted by Gasteiger charge is -2.29. The summed E-state index contributed by atoms with van der Waals surface area (Å²) < 4.78 is 0.651. The topological polar surface area (TPSA) is 26.8 Å². The van der Waals surface area contributed by atoms with E-state index in [1.807, 2.05) is 32.3 Å². The second kappa shape index (κ2) is 7.68. The predicted molar refractivity (Wildman–Crippen MR) is 106 cm³/mol. The second-order valence-corrected chi connectivity index (χ2v) is 8.02. The average Bonchev–Trinajstić information content (AvgIpc) is 2.75. The molecule has 0 aromatic heterocycles. The molecule has 0 saturated carbocycles. The van der Waals surface area contributed by atoms with E-state index >= 15 is 0 Å². The number of thiocarbonyl (C=S) groups is 1. The molecule has 0 radical (unpaired) electrons. The van der Waals surface area contributed by atoms with E-state index in [4.69, 9.17) is 12.2 Å². The second-order valence-electron chi connectivity index (χ2n) is 6.35. The number of hydrogen-bond donors (Lipinski definition) is 0. The molecular formula is C18H23N3OS2. The van der Waals surface area contributed by atoms with Crippen LogP contribution in [-0.4, -0.2) is 47.4 Å². The first-order valence-corrected chi connectivity index (χ1v) is 9.59. The molecule has 3 rings (SSSR count). The molecule has 2 aliphatic heterocycles. The largest absolute Gasteiger partial charge is 0.378 e. The van der Waals surface area contributed by atoms with Gasteiger partial charge in [-0.1, -0.05) is 49.0 Å². The van der Waals surface area contributed by atoms with Crippen LogP contribution in [0.2, 0.25) is 0 Å². The van der Waals surface area contributed by atoms with Gasteiger partial charge in [-0.15, -0.1) is 0 Å². The highest BCUT2D eigenvalue weighted by atomic mass is 32.2. The highest BCUT2D eigenvalue weighted by Gasteiger charge is 2.36. The molecule has 2 saturated heterocycles. The van der Waals surface area contributed by atoms with Gasteiger partial charge in [0.2, 0.25) is 0 Å². The third-order valence-corrected chi connectivity index (χ3v) is 5.63. The number of carbonyl (C=O) groups excluding carboxylic acids is 1. The van der Waals surface area contributed by atoms with Crippen molar-refractivity contribution in [1.82, 2.24) is 10.0 Å². The van der Waals surface area contributed by atoms with Gasteiger partial charge >= 0.3 is 0 Å². The van der Waals surface area contributed by atoms with E-state index < -0.39 is 0 Å². The summed E-state index contributed by atoms with van der Waals surface area (Å²) in [5.41, 5.74) is 2.17. The Balaban J connectivity index is 1.77.